The summed E-state index contributed by atoms with van der Waals surface area (Å²) >= 11 is 6.11. The first-order valence-corrected chi connectivity index (χ1v) is 10.5. The summed E-state index contributed by atoms with van der Waals surface area (Å²) in [4.78, 5) is 37.5. The van der Waals surface area contributed by atoms with Crippen molar-refractivity contribution < 1.29 is 23.5 Å². The molecule has 2 bridgehead atoms. The van der Waals surface area contributed by atoms with Crippen LogP contribution in [-0.4, -0.2) is 35.6 Å². The second-order valence-electron chi connectivity index (χ2n) is 7.85. The number of rotatable bonds is 5. The van der Waals surface area contributed by atoms with E-state index in [1.54, 1.807) is 37.3 Å². The zero-order valence-electron chi connectivity index (χ0n) is 16.7. The number of imide groups is 1. The number of allylic oxidation sites excluding steroid dienone is 2. The summed E-state index contributed by atoms with van der Waals surface area (Å²) in [7, 11) is 0. The largest absolute Gasteiger partial charge is 0.462 e. The molecule has 2 fully saturated rings. The molecule has 31 heavy (non-hydrogen) atoms. The van der Waals surface area contributed by atoms with Crippen LogP contribution in [0.3, 0.4) is 0 Å². The van der Waals surface area contributed by atoms with Crippen LogP contribution >= 0.6 is 11.6 Å². The molecule has 4 unspecified atom stereocenters. The summed E-state index contributed by atoms with van der Waals surface area (Å²) < 4.78 is 10.8. The second-order valence-corrected chi connectivity index (χ2v) is 8.26. The zero-order valence-corrected chi connectivity index (χ0v) is 17.4. The lowest BCUT2D eigenvalue weighted by Crippen LogP contribution is -2.28. The number of halogens is 1. The number of esters is 1. The van der Waals surface area contributed by atoms with Gasteiger partial charge in [0.25, 0.3) is 11.8 Å². The van der Waals surface area contributed by atoms with Crippen molar-refractivity contribution in [2.45, 2.75) is 13.3 Å². The number of fused-ring (bicyclic) bond motifs is 5. The number of hydrogen-bond donors (Lipinski definition) is 0. The standard InChI is InChI=1S/C23H19ClN2O5/c1-2-30-23(29)16-10-12(5-7-17(16)24)18-8-6-15(31-18)11-25-26-21(27)19-13-3-4-14(9-13)20(19)22(26)28/h3-8,10-11,13-14,19-20H,2,9H2,1H3. The molecule has 0 spiro atoms. The van der Waals surface area contributed by atoms with Gasteiger partial charge < -0.3 is 9.15 Å². The molecule has 1 saturated carbocycles. The van der Waals surface area contributed by atoms with E-state index < -0.39 is 5.97 Å². The molecule has 1 aliphatic heterocycles. The monoisotopic (exact) mass is 438 g/mol. The summed E-state index contributed by atoms with van der Waals surface area (Å²) in [5.74, 6) is -0.436. The van der Waals surface area contributed by atoms with Gasteiger partial charge in [-0.2, -0.15) is 10.1 Å². The number of amides is 2. The third-order valence-electron chi connectivity index (χ3n) is 6.12. The van der Waals surface area contributed by atoms with E-state index in [-0.39, 0.29) is 52.7 Å². The van der Waals surface area contributed by atoms with Crippen molar-refractivity contribution in [3.8, 4) is 11.3 Å². The molecule has 158 valence electrons. The third kappa shape index (κ3) is 3.20. The van der Waals surface area contributed by atoms with E-state index in [0.29, 0.717) is 17.1 Å². The first-order valence-electron chi connectivity index (χ1n) is 10.1. The molecule has 3 aliphatic rings. The fraction of sp³-hybridized carbons (Fsp3) is 0.304. The molecule has 1 aromatic heterocycles. The van der Waals surface area contributed by atoms with Gasteiger partial charge in [0.2, 0.25) is 0 Å². The lowest BCUT2D eigenvalue weighted by molar-refractivity contribution is -0.140. The van der Waals surface area contributed by atoms with Crippen LogP contribution in [0.1, 0.15) is 29.5 Å². The molecule has 1 saturated heterocycles. The lowest BCUT2D eigenvalue weighted by atomic mass is 9.85. The predicted octanol–water partition coefficient (Wildman–Crippen LogP) is 3.92. The number of carbonyl (C=O) groups is 3. The van der Waals surface area contributed by atoms with Crippen molar-refractivity contribution in [3.05, 3.63) is 58.8 Å². The Bertz CT molecular complexity index is 1120. The topological polar surface area (TPSA) is 89.2 Å². The molecule has 2 heterocycles. The van der Waals surface area contributed by atoms with Gasteiger partial charge in [0.1, 0.15) is 11.5 Å². The van der Waals surface area contributed by atoms with Crippen LogP contribution in [0.4, 0.5) is 0 Å². The van der Waals surface area contributed by atoms with Gasteiger partial charge in [-0.1, -0.05) is 23.8 Å². The van der Waals surface area contributed by atoms with Gasteiger partial charge >= 0.3 is 5.97 Å². The highest BCUT2D eigenvalue weighted by Gasteiger charge is 2.59. The maximum Gasteiger partial charge on any atom is 0.339 e. The molecule has 1 aromatic carbocycles. The highest BCUT2D eigenvalue weighted by molar-refractivity contribution is 6.33. The number of benzene rings is 1. The van der Waals surface area contributed by atoms with Gasteiger partial charge in [-0.15, -0.1) is 0 Å². The van der Waals surface area contributed by atoms with Gasteiger partial charge in [0.05, 0.1) is 35.2 Å². The van der Waals surface area contributed by atoms with Gasteiger partial charge in [-0.3, -0.25) is 9.59 Å². The van der Waals surface area contributed by atoms with Crippen molar-refractivity contribution >= 4 is 35.6 Å². The fourth-order valence-corrected chi connectivity index (χ4v) is 4.93. The number of hydrazone groups is 1. The summed E-state index contributed by atoms with van der Waals surface area (Å²) in [5, 5.41) is 5.38. The van der Waals surface area contributed by atoms with Crippen LogP contribution in [0.15, 0.2) is 52.0 Å². The second kappa shape index (κ2) is 7.50. The smallest absolute Gasteiger partial charge is 0.339 e. The number of furan rings is 1. The molecule has 4 atom stereocenters. The van der Waals surface area contributed by atoms with Gasteiger partial charge in [0.15, 0.2) is 0 Å². The Kier molecular flexibility index (Phi) is 4.78. The summed E-state index contributed by atoms with van der Waals surface area (Å²) in [6.07, 6.45) is 6.32. The van der Waals surface area contributed by atoms with E-state index in [4.69, 9.17) is 20.8 Å². The van der Waals surface area contributed by atoms with E-state index in [9.17, 15) is 14.4 Å². The molecule has 8 heteroatoms. The van der Waals surface area contributed by atoms with Crippen LogP contribution in [0.5, 0.6) is 0 Å². The van der Waals surface area contributed by atoms with Crippen molar-refractivity contribution in [2.24, 2.45) is 28.8 Å². The maximum absolute atomic E-state index is 12.7. The van der Waals surface area contributed by atoms with E-state index >= 15 is 0 Å². The Morgan fingerprint density at radius 3 is 2.58 bits per heavy atom. The average Bonchev–Trinajstić information content (AvgIpc) is 3.52. The molecule has 2 aliphatic carbocycles. The molecular formula is C23H19ClN2O5. The Hall–Kier alpha value is -3.19. The molecule has 0 radical (unpaired) electrons. The van der Waals surface area contributed by atoms with Crippen LogP contribution in [0.25, 0.3) is 11.3 Å². The van der Waals surface area contributed by atoms with Crippen LogP contribution in [0, 0.1) is 23.7 Å². The molecule has 2 amide bonds. The minimum absolute atomic E-state index is 0.139. The molecule has 5 rings (SSSR count). The highest BCUT2D eigenvalue weighted by atomic mass is 35.5. The first kappa shape index (κ1) is 19.8. The zero-order chi connectivity index (χ0) is 21.7. The highest BCUT2D eigenvalue weighted by Crippen LogP contribution is 2.52. The average molecular weight is 439 g/mol. The van der Waals surface area contributed by atoms with Crippen molar-refractivity contribution in [2.75, 3.05) is 6.61 Å². The Labute approximate surface area is 183 Å². The molecule has 2 aromatic rings. The van der Waals surface area contributed by atoms with E-state index in [0.717, 1.165) is 11.4 Å². The number of carbonyl (C=O) groups excluding carboxylic acids is 3. The van der Waals surface area contributed by atoms with E-state index in [1.807, 2.05) is 12.2 Å². The molecular weight excluding hydrogens is 420 g/mol. The Balaban J connectivity index is 1.35. The van der Waals surface area contributed by atoms with E-state index in [1.165, 1.54) is 6.21 Å². The summed E-state index contributed by atoms with van der Waals surface area (Å²) in [6, 6.07) is 8.31. The summed E-state index contributed by atoms with van der Waals surface area (Å²) in [5.41, 5.74) is 0.883. The number of hydrogen-bond acceptors (Lipinski definition) is 6. The Morgan fingerprint density at radius 2 is 1.90 bits per heavy atom. The Morgan fingerprint density at radius 1 is 1.19 bits per heavy atom. The first-order chi connectivity index (χ1) is 15.0. The van der Waals surface area contributed by atoms with Gasteiger partial charge in [0, 0.05) is 5.56 Å². The van der Waals surface area contributed by atoms with Crippen molar-refractivity contribution in [1.29, 1.82) is 0 Å². The van der Waals surface area contributed by atoms with Crippen molar-refractivity contribution in [3.63, 3.8) is 0 Å². The maximum atomic E-state index is 12.7. The minimum Gasteiger partial charge on any atom is -0.462 e. The van der Waals surface area contributed by atoms with Crippen LogP contribution in [0.2, 0.25) is 5.02 Å². The SMILES string of the molecule is CCOC(=O)c1cc(-c2ccc(C=NN3C(=O)C4C5C=CC(C5)C4C3=O)o2)ccc1Cl. The molecule has 7 nitrogen and oxygen atoms in total. The summed E-state index contributed by atoms with van der Waals surface area (Å²) in [6.45, 7) is 1.96. The normalized spacial score (nSPS) is 26.3. The van der Waals surface area contributed by atoms with Crippen LogP contribution < -0.4 is 0 Å². The van der Waals surface area contributed by atoms with E-state index in [2.05, 4.69) is 5.10 Å². The lowest BCUT2D eigenvalue weighted by Gasteiger charge is -2.13. The minimum atomic E-state index is -0.511. The van der Waals surface area contributed by atoms with Crippen LogP contribution in [-0.2, 0) is 14.3 Å². The number of nitrogens with zero attached hydrogens (tertiary/aromatic N) is 2. The van der Waals surface area contributed by atoms with Gasteiger partial charge in [-0.25, -0.2) is 4.79 Å². The number of ether oxygens (including phenoxy) is 1. The fourth-order valence-electron chi connectivity index (χ4n) is 4.74. The third-order valence-corrected chi connectivity index (χ3v) is 6.45. The van der Waals surface area contributed by atoms with Gasteiger partial charge in [-0.05, 0) is 55.5 Å². The molecule has 0 N–H and O–H groups in total. The predicted molar refractivity (Wildman–Crippen MR) is 112 cm³/mol. The quantitative estimate of drug-likeness (QED) is 0.305. The van der Waals surface area contributed by atoms with Crippen molar-refractivity contribution in [1.82, 2.24) is 5.01 Å².